The molecule has 2 aliphatic rings. The number of ether oxygens (including phenoxy) is 2. The maximum absolute atomic E-state index is 13.0. The van der Waals surface area contributed by atoms with Gasteiger partial charge < -0.3 is 19.2 Å². The van der Waals surface area contributed by atoms with Gasteiger partial charge in [0.1, 0.15) is 5.65 Å². The van der Waals surface area contributed by atoms with Crippen molar-refractivity contribution in [2.24, 2.45) is 0 Å². The average Bonchev–Trinajstić information content (AvgIpc) is 3.40. The van der Waals surface area contributed by atoms with Crippen molar-refractivity contribution in [3.63, 3.8) is 0 Å². The maximum Gasteiger partial charge on any atom is 0.231 e. The monoisotopic (exact) mass is 405 g/mol. The standard InChI is InChI=1S/C24H27N3O3/c1-16-6-5-11-27-20(14-25-24(16)27)19(13-23(28)26-18-7-3-2-4-8-18)17-9-10-21-22(12-17)30-15-29-21/h5-6,9-12,14,18-19H,2-4,7-8,13,15H2,1H3,(H,26,28)/t19-/m1/s1. The third-order valence-electron chi connectivity index (χ3n) is 6.28. The van der Waals surface area contributed by atoms with Crippen molar-refractivity contribution in [3.05, 3.63) is 59.5 Å². The van der Waals surface area contributed by atoms with Crippen LogP contribution in [0.4, 0.5) is 0 Å². The second kappa shape index (κ2) is 8.01. The Morgan fingerprint density at radius 1 is 1.20 bits per heavy atom. The molecule has 6 nitrogen and oxygen atoms in total. The van der Waals surface area contributed by atoms with Gasteiger partial charge in [0.2, 0.25) is 12.7 Å². The van der Waals surface area contributed by atoms with E-state index in [-0.39, 0.29) is 18.6 Å². The minimum Gasteiger partial charge on any atom is -0.454 e. The van der Waals surface area contributed by atoms with Gasteiger partial charge in [0.15, 0.2) is 11.5 Å². The Morgan fingerprint density at radius 2 is 2.03 bits per heavy atom. The molecular formula is C24H27N3O3. The second-order valence-corrected chi connectivity index (χ2v) is 8.34. The van der Waals surface area contributed by atoms with E-state index < -0.39 is 0 Å². The minimum absolute atomic E-state index is 0.0900. The molecule has 2 aromatic heterocycles. The van der Waals surface area contributed by atoms with Crippen molar-refractivity contribution >= 4 is 11.6 Å². The smallest absolute Gasteiger partial charge is 0.231 e. The lowest BCUT2D eigenvalue weighted by molar-refractivity contribution is -0.122. The average molecular weight is 405 g/mol. The number of pyridine rings is 1. The topological polar surface area (TPSA) is 64.9 Å². The van der Waals surface area contributed by atoms with Crippen LogP contribution in [-0.2, 0) is 4.79 Å². The van der Waals surface area contributed by atoms with Crippen molar-refractivity contribution < 1.29 is 14.3 Å². The lowest BCUT2D eigenvalue weighted by Crippen LogP contribution is -2.37. The summed E-state index contributed by atoms with van der Waals surface area (Å²) in [4.78, 5) is 17.7. The Hall–Kier alpha value is -3.02. The quantitative estimate of drug-likeness (QED) is 0.686. The van der Waals surface area contributed by atoms with Gasteiger partial charge in [-0.05, 0) is 49.1 Å². The zero-order valence-electron chi connectivity index (χ0n) is 17.3. The molecule has 0 bridgehead atoms. The zero-order valence-corrected chi connectivity index (χ0v) is 17.3. The number of nitrogens with zero attached hydrogens (tertiary/aromatic N) is 2. The number of fused-ring (bicyclic) bond motifs is 2. The molecule has 0 unspecified atom stereocenters. The van der Waals surface area contributed by atoms with E-state index in [9.17, 15) is 4.79 Å². The molecule has 1 amide bonds. The van der Waals surface area contributed by atoms with E-state index in [0.717, 1.165) is 46.8 Å². The Bertz CT molecular complexity index is 1070. The summed E-state index contributed by atoms with van der Waals surface area (Å²) in [6.07, 6.45) is 10.1. The van der Waals surface area contributed by atoms with E-state index in [2.05, 4.69) is 27.7 Å². The van der Waals surface area contributed by atoms with Crippen LogP contribution >= 0.6 is 0 Å². The molecule has 156 valence electrons. The van der Waals surface area contributed by atoms with Crippen molar-refractivity contribution in [2.75, 3.05) is 6.79 Å². The van der Waals surface area contributed by atoms with Gasteiger partial charge in [-0.15, -0.1) is 0 Å². The molecule has 3 heterocycles. The Balaban J connectivity index is 1.48. The number of carbonyl (C=O) groups excluding carboxylic acids is 1. The second-order valence-electron chi connectivity index (χ2n) is 8.34. The van der Waals surface area contributed by atoms with E-state index in [1.54, 1.807) is 0 Å². The molecule has 1 N–H and O–H groups in total. The molecule has 1 aliphatic heterocycles. The van der Waals surface area contributed by atoms with Crippen LogP contribution in [0.1, 0.15) is 61.3 Å². The van der Waals surface area contributed by atoms with Gasteiger partial charge in [-0.1, -0.05) is 31.4 Å². The summed E-state index contributed by atoms with van der Waals surface area (Å²) in [5, 5.41) is 3.27. The highest BCUT2D eigenvalue weighted by atomic mass is 16.7. The Kier molecular flexibility index (Phi) is 5.07. The van der Waals surface area contributed by atoms with Gasteiger partial charge >= 0.3 is 0 Å². The SMILES string of the molecule is Cc1cccn2c([C@H](CC(=O)NC3CCCCC3)c3ccc4c(c3)OCO4)cnc12. The normalized spacial score (nSPS) is 17.2. The lowest BCUT2D eigenvalue weighted by atomic mass is 9.91. The lowest BCUT2D eigenvalue weighted by Gasteiger charge is -2.24. The van der Waals surface area contributed by atoms with E-state index in [0.29, 0.717) is 12.5 Å². The zero-order chi connectivity index (χ0) is 20.5. The van der Waals surface area contributed by atoms with Gasteiger partial charge in [-0.3, -0.25) is 4.79 Å². The predicted molar refractivity (Wildman–Crippen MR) is 114 cm³/mol. The van der Waals surface area contributed by atoms with E-state index in [4.69, 9.17) is 9.47 Å². The fraction of sp³-hybridized carbons (Fsp3) is 0.417. The van der Waals surface area contributed by atoms with Crippen molar-refractivity contribution in [1.29, 1.82) is 0 Å². The van der Waals surface area contributed by atoms with Crippen LogP contribution in [0.2, 0.25) is 0 Å². The first-order chi connectivity index (χ1) is 14.7. The van der Waals surface area contributed by atoms with Gasteiger partial charge in [0, 0.05) is 30.8 Å². The molecule has 1 saturated carbocycles. The number of hydrogen-bond acceptors (Lipinski definition) is 4. The highest BCUT2D eigenvalue weighted by Gasteiger charge is 2.26. The maximum atomic E-state index is 13.0. The van der Waals surface area contributed by atoms with E-state index in [1.807, 2.05) is 36.7 Å². The molecule has 0 spiro atoms. The number of aromatic nitrogens is 2. The van der Waals surface area contributed by atoms with E-state index >= 15 is 0 Å². The molecule has 6 heteroatoms. The molecule has 5 rings (SSSR count). The fourth-order valence-electron chi connectivity index (χ4n) is 4.67. The molecule has 1 aliphatic carbocycles. The van der Waals surface area contributed by atoms with Gasteiger partial charge in [0.05, 0.1) is 5.69 Å². The number of nitrogens with one attached hydrogen (secondary N) is 1. The first kappa shape index (κ1) is 19.0. The summed E-state index contributed by atoms with van der Waals surface area (Å²) < 4.78 is 13.2. The molecule has 1 atom stereocenters. The van der Waals surface area contributed by atoms with Crippen LogP contribution in [0.5, 0.6) is 11.5 Å². The number of imidazole rings is 1. The number of rotatable bonds is 5. The fourth-order valence-corrected chi connectivity index (χ4v) is 4.67. The highest BCUT2D eigenvalue weighted by molar-refractivity contribution is 5.78. The summed E-state index contributed by atoms with van der Waals surface area (Å²) in [5.41, 5.74) is 4.07. The summed E-state index contributed by atoms with van der Waals surface area (Å²) in [6.45, 7) is 2.29. The molecule has 1 fully saturated rings. The highest BCUT2D eigenvalue weighted by Crippen LogP contribution is 2.38. The van der Waals surface area contributed by atoms with Crippen LogP contribution in [-0.4, -0.2) is 28.1 Å². The Labute approximate surface area is 176 Å². The number of carbonyl (C=O) groups is 1. The van der Waals surface area contributed by atoms with Crippen molar-refractivity contribution in [2.45, 2.75) is 57.4 Å². The summed E-state index contributed by atoms with van der Waals surface area (Å²) in [5.74, 6) is 1.44. The number of aryl methyl sites for hydroxylation is 1. The van der Waals surface area contributed by atoms with Crippen LogP contribution in [0, 0.1) is 6.92 Å². The third-order valence-corrected chi connectivity index (χ3v) is 6.28. The van der Waals surface area contributed by atoms with Crippen LogP contribution < -0.4 is 14.8 Å². The number of benzene rings is 1. The van der Waals surface area contributed by atoms with Crippen LogP contribution in [0.15, 0.2) is 42.7 Å². The van der Waals surface area contributed by atoms with Gasteiger partial charge in [0.25, 0.3) is 0 Å². The molecule has 1 aromatic carbocycles. The van der Waals surface area contributed by atoms with Gasteiger partial charge in [-0.2, -0.15) is 0 Å². The van der Waals surface area contributed by atoms with Crippen molar-refractivity contribution in [1.82, 2.24) is 14.7 Å². The molecule has 0 radical (unpaired) electrons. The summed E-state index contributed by atoms with van der Waals surface area (Å²) in [7, 11) is 0. The third kappa shape index (κ3) is 3.62. The molecule has 30 heavy (non-hydrogen) atoms. The Morgan fingerprint density at radius 3 is 2.90 bits per heavy atom. The summed E-state index contributed by atoms with van der Waals surface area (Å²) >= 11 is 0. The first-order valence-electron chi connectivity index (χ1n) is 10.8. The number of amides is 1. The first-order valence-corrected chi connectivity index (χ1v) is 10.8. The molecular weight excluding hydrogens is 378 g/mol. The number of hydrogen-bond donors (Lipinski definition) is 1. The largest absolute Gasteiger partial charge is 0.454 e. The van der Waals surface area contributed by atoms with E-state index in [1.165, 1.54) is 19.3 Å². The summed E-state index contributed by atoms with van der Waals surface area (Å²) in [6, 6.07) is 10.3. The van der Waals surface area contributed by atoms with Gasteiger partial charge in [-0.25, -0.2) is 4.98 Å². The molecule has 0 saturated heterocycles. The predicted octanol–water partition coefficient (Wildman–Crippen LogP) is 4.34. The van der Waals surface area contributed by atoms with Crippen molar-refractivity contribution in [3.8, 4) is 11.5 Å². The minimum atomic E-state index is -0.125. The van der Waals surface area contributed by atoms with Crippen LogP contribution in [0.25, 0.3) is 5.65 Å². The van der Waals surface area contributed by atoms with Crippen LogP contribution in [0.3, 0.4) is 0 Å². The molecule has 3 aromatic rings.